The highest BCUT2D eigenvalue weighted by molar-refractivity contribution is 6.04. The van der Waals surface area contributed by atoms with Gasteiger partial charge < -0.3 is 15.0 Å². The number of nitrogens with zero attached hydrogens (tertiary/aromatic N) is 4. The van der Waals surface area contributed by atoms with Crippen molar-refractivity contribution >= 4 is 36.3 Å². The summed E-state index contributed by atoms with van der Waals surface area (Å²) in [6, 6.07) is 7.87. The number of fused-ring (bicyclic) bond motifs is 1. The molecule has 0 spiro atoms. The lowest BCUT2D eigenvalue weighted by Crippen LogP contribution is -2.40. The number of anilines is 1. The van der Waals surface area contributed by atoms with Crippen LogP contribution in [0.3, 0.4) is 0 Å². The molecule has 0 unspecified atom stereocenters. The molecular weight excluding hydrogens is 485 g/mol. The van der Waals surface area contributed by atoms with Gasteiger partial charge in [-0.2, -0.15) is 10.2 Å². The van der Waals surface area contributed by atoms with Gasteiger partial charge in [0, 0.05) is 19.3 Å². The maximum Gasteiger partial charge on any atom is 0.259 e. The van der Waals surface area contributed by atoms with E-state index in [-0.39, 0.29) is 29.8 Å². The van der Waals surface area contributed by atoms with Gasteiger partial charge in [0.15, 0.2) is 0 Å². The summed E-state index contributed by atoms with van der Waals surface area (Å²) in [7, 11) is 0. The van der Waals surface area contributed by atoms with Crippen molar-refractivity contribution in [3.8, 4) is 0 Å². The molecule has 1 aromatic heterocycles. The number of pyridine rings is 1. The summed E-state index contributed by atoms with van der Waals surface area (Å²) < 4.78 is 14.9. The molecule has 1 aromatic carbocycles. The molecule has 1 N–H and O–H groups in total. The third-order valence-corrected chi connectivity index (χ3v) is 6.29. The Balaban J connectivity index is 1.69. The van der Waals surface area contributed by atoms with E-state index in [4.69, 9.17) is 0 Å². The normalized spacial score (nSPS) is 14.3. The molecule has 0 aliphatic carbocycles. The number of aromatic nitrogens is 1. The average Bonchev–Trinajstić information content (AvgIpc) is 2.88. The zero-order chi connectivity index (χ0) is 27.7. The van der Waals surface area contributed by atoms with E-state index in [1.54, 1.807) is 29.3 Å². The maximum absolute atomic E-state index is 14.9. The first kappa shape index (κ1) is 28.8. The largest absolute Gasteiger partial charge is 0.337 e. The first-order valence-electron chi connectivity index (χ1n) is 13.1. The van der Waals surface area contributed by atoms with Crippen molar-refractivity contribution in [3.63, 3.8) is 0 Å². The predicted molar refractivity (Wildman–Crippen MR) is 147 cm³/mol. The number of benzene rings is 1. The van der Waals surface area contributed by atoms with Gasteiger partial charge in [0.25, 0.3) is 5.91 Å². The number of carbonyl (C=O) groups is 3. The van der Waals surface area contributed by atoms with E-state index < -0.39 is 17.6 Å². The predicted octanol–water partition coefficient (Wildman–Crippen LogP) is 5.06. The van der Waals surface area contributed by atoms with E-state index in [2.05, 4.69) is 34.4 Å². The Hall–Kier alpha value is -3.75. The fraction of sp³-hybridized carbons (Fsp3) is 0.448. The molecule has 1 aliphatic rings. The number of amides is 2. The van der Waals surface area contributed by atoms with E-state index in [1.807, 2.05) is 13.8 Å². The SMILES string of the molecule is CC(C)CC/C=N/N=C/c1cccc(NC(=O)c2cc3c(cc2F)CCN(C(=O)[C@@H](C=O)CC(C)C)C3)n1. The van der Waals surface area contributed by atoms with Crippen LogP contribution in [0.1, 0.15) is 74.1 Å². The summed E-state index contributed by atoms with van der Waals surface area (Å²) in [5.74, 6) is -1.17. The molecule has 3 rings (SSSR count). The van der Waals surface area contributed by atoms with Crippen molar-refractivity contribution in [2.24, 2.45) is 28.0 Å². The number of hydrogen-bond acceptors (Lipinski definition) is 6. The van der Waals surface area contributed by atoms with E-state index >= 15 is 0 Å². The van der Waals surface area contributed by atoms with Crippen LogP contribution in [0.25, 0.3) is 0 Å². The molecule has 0 saturated heterocycles. The molecular formula is C29H36FN5O3. The minimum absolute atomic E-state index is 0.136. The molecule has 2 amide bonds. The van der Waals surface area contributed by atoms with E-state index in [1.165, 1.54) is 18.3 Å². The van der Waals surface area contributed by atoms with Crippen molar-refractivity contribution < 1.29 is 18.8 Å². The van der Waals surface area contributed by atoms with E-state index in [9.17, 15) is 18.8 Å². The second-order valence-corrected chi connectivity index (χ2v) is 10.4. The molecule has 8 nitrogen and oxygen atoms in total. The Morgan fingerprint density at radius 3 is 2.63 bits per heavy atom. The summed E-state index contributed by atoms with van der Waals surface area (Å²) >= 11 is 0. The molecule has 202 valence electrons. The summed E-state index contributed by atoms with van der Waals surface area (Å²) in [6.07, 6.45) is 6.74. The third-order valence-electron chi connectivity index (χ3n) is 6.29. The van der Waals surface area contributed by atoms with Crippen molar-refractivity contribution in [1.82, 2.24) is 9.88 Å². The highest BCUT2D eigenvalue weighted by Gasteiger charge is 2.29. The van der Waals surface area contributed by atoms with Gasteiger partial charge in [0.1, 0.15) is 17.9 Å². The Morgan fingerprint density at radius 1 is 1.13 bits per heavy atom. The van der Waals surface area contributed by atoms with Crippen LogP contribution < -0.4 is 5.32 Å². The highest BCUT2D eigenvalue weighted by atomic mass is 19.1. The Bertz CT molecular complexity index is 1210. The maximum atomic E-state index is 14.9. The van der Waals surface area contributed by atoms with Gasteiger partial charge in [-0.3, -0.25) is 9.59 Å². The number of carbonyl (C=O) groups excluding carboxylic acids is 3. The van der Waals surface area contributed by atoms with Crippen LogP contribution in [0.4, 0.5) is 10.2 Å². The van der Waals surface area contributed by atoms with Crippen molar-refractivity contribution in [2.75, 3.05) is 11.9 Å². The summed E-state index contributed by atoms with van der Waals surface area (Å²) in [6.45, 7) is 8.83. The van der Waals surface area contributed by atoms with E-state index in [0.717, 1.165) is 18.4 Å². The summed E-state index contributed by atoms with van der Waals surface area (Å²) in [4.78, 5) is 43.3. The molecule has 2 aromatic rings. The average molecular weight is 522 g/mol. The van der Waals surface area contributed by atoms with Gasteiger partial charge in [-0.05, 0) is 72.9 Å². The summed E-state index contributed by atoms with van der Waals surface area (Å²) in [5, 5.41) is 10.6. The molecule has 9 heteroatoms. The molecule has 0 radical (unpaired) electrons. The Kier molecular flexibility index (Phi) is 10.4. The number of aldehydes is 1. The van der Waals surface area contributed by atoms with Gasteiger partial charge in [0.05, 0.1) is 23.4 Å². The molecule has 1 atom stereocenters. The monoisotopic (exact) mass is 521 g/mol. The molecule has 0 fully saturated rings. The lowest BCUT2D eigenvalue weighted by Gasteiger charge is -2.31. The number of halogens is 1. The second kappa shape index (κ2) is 13.7. The van der Waals surface area contributed by atoms with Crippen molar-refractivity contribution in [1.29, 1.82) is 0 Å². The van der Waals surface area contributed by atoms with Crippen LogP contribution in [-0.2, 0) is 22.6 Å². The van der Waals surface area contributed by atoms with Gasteiger partial charge in [-0.15, -0.1) is 0 Å². The van der Waals surface area contributed by atoms with Gasteiger partial charge in [0.2, 0.25) is 5.91 Å². The zero-order valence-corrected chi connectivity index (χ0v) is 22.5. The van der Waals surface area contributed by atoms with Gasteiger partial charge >= 0.3 is 0 Å². The Labute approximate surface area is 223 Å². The smallest absolute Gasteiger partial charge is 0.259 e. The van der Waals surface area contributed by atoms with Crippen LogP contribution in [0.15, 0.2) is 40.5 Å². The number of rotatable bonds is 11. The van der Waals surface area contributed by atoms with Gasteiger partial charge in [-0.1, -0.05) is 33.8 Å². The zero-order valence-electron chi connectivity index (χ0n) is 22.5. The molecule has 38 heavy (non-hydrogen) atoms. The van der Waals surface area contributed by atoms with Crippen LogP contribution in [-0.4, -0.2) is 47.0 Å². The fourth-order valence-corrected chi connectivity index (χ4v) is 4.28. The van der Waals surface area contributed by atoms with Crippen LogP contribution in [0.5, 0.6) is 0 Å². The first-order valence-corrected chi connectivity index (χ1v) is 13.1. The fourth-order valence-electron chi connectivity index (χ4n) is 4.28. The van der Waals surface area contributed by atoms with Crippen LogP contribution in [0.2, 0.25) is 0 Å². The van der Waals surface area contributed by atoms with Crippen LogP contribution >= 0.6 is 0 Å². The van der Waals surface area contributed by atoms with Crippen LogP contribution in [0, 0.1) is 23.6 Å². The minimum atomic E-state index is -0.701. The number of nitrogens with one attached hydrogen (secondary N) is 1. The first-order chi connectivity index (χ1) is 18.2. The van der Waals surface area contributed by atoms with Crippen molar-refractivity contribution in [3.05, 3.63) is 58.5 Å². The number of hydrogen-bond donors (Lipinski definition) is 1. The minimum Gasteiger partial charge on any atom is -0.337 e. The quantitative estimate of drug-likeness (QED) is 0.193. The summed E-state index contributed by atoms with van der Waals surface area (Å²) in [5.41, 5.74) is 1.80. The van der Waals surface area contributed by atoms with E-state index in [0.29, 0.717) is 42.8 Å². The topological polar surface area (TPSA) is 104 Å². The molecule has 0 saturated carbocycles. The lowest BCUT2D eigenvalue weighted by atomic mass is 9.93. The standard InChI is InChI=1S/C29H36FN5O3/c1-19(2)7-6-11-31-32-16-24-8-5-9-27(33-24)34-28(37)25-14-22-17-35(12-10-21(22)15-26(25)30)29(38)23(18-36)13-20(3)4/h5,8-9,11,14-16,18-20,23H,6-7,10,12-13,17H2,1-4H3,(H,33,34,37)/b31-11+,32-16+/t23-/m1/s1. The lowest BCUT2D eigenvalue weighted by molar-refractivity contribution is -0.139. The molecule has 0 bridgehead atoms. The Morgan fingerprint density at radius 2 is 1.92 bits per heavy atom. The second-order valence-electron chi connectivity index (χ2n) is 10.4. The molecule has 1 aliphatic heterocycles. The highest BCUT2D eigenvalue weighted by Crippen LogP contribution is 2.25. The third kappa shape index (κ3) is 8.13. The van der Waals surface area contributed by atoms with Gasteiger partial charge in [-0.25, -0.2) is 9.37 Å². The molecule has 2 heterocycles. The van der Waals surface area contributed by atoms with Crippen molar-refractivity contribution in [2.45, 2.75) is 59.9 Å².